The van der Waals surface area contributed by atoms with Crippen LogP contribution in [0.2, 0.25) is 0 Å². The van der Waals surface area contributed by atoms with Gasteiger partial charge in [-0.05, 0) is 49.6 Å². The molecule has 1 aliphatic rings. The number of hydrogen-bond donors (Lipinski definition) is 0. The maximum atomic E-state index is 5.73. The van der Waals surface area contributed by atoms with Crippen molar-refractivity contribution in [1.29, 1.82) is 0 Å². The van der Waals surface area contributed by atoms with E-state index >= 15 is 0 Å². The smallest absolute Gasteiger partial charge is 0.191 e. The molecule has 1 saturated heterocycles. The summed E-state index contributed by atoms with van der Waals surface area (Å²) < 4.78 is 20.5. The molecule has 0 amide bonds. The molecular weight excluding hydrogens is 376 g/mol. The Morgan fingerprint density at radius 3 is 2.74 bits per heavy atom. The second-order valence-corrected chi connectivity index (χ2v) is 7.62. The SMILES string of the molecule is Brc1ccc2c(c1)sc1cc(OCOC3CCCCO3)ccc12. The summed E-state index contributed by atoms with van der Waals surface area (Å²) in [4.78, 5) is 0. The van der Waals surface area contributed by atoms with Gasteiger partial charge in [0.25, 0.3) is 0 Å². The zero-order valence-corrected chi connectivity index (χ0v) is 15.0. The minimum Gasteiger partial charge on any atom is -0.467 e. The number of hydrogen-bond acceptors (Lipinski definition) is 4. The Balaban J connectivity index is 1.48. The Morgan fingerprint density at radius 1 is 1.09 bits per heavy atom. The highest BCUT2D eigenvalue weighted by molar-refractivity contribution is 9.10. The fourth-order valence-corrected chi connectivity index (χ4v) is 4.53. The first kappa shape index (κ1) is 15.4. The van der Waals surface area contributed by atoms with Crippen molar-refractivity contribution in [2.45, 2.75) is 25.6 Å². The van der Waals surface area contributed by atoms with E-state index in [1.807, 2.05) is 6.07 Å². The molecule has 1 aliphatic heterocycles. The number of rotatable bonds is 4. The van der Waals surface area contributed by atoms with Crippen LogP contribution in [0.25, 0.3) is 20.2 Å². The molecule has 1 atom stereocenters. The first-order valence-corrected chi connectivity index (χ1v) is 9.38. The molecule has 0 radical (unpaired) electrons. The molecule has 120 valence electrons. The summed E-state index contributed by atoms with van der Waals surface area (Å²) in [5.41, 5.74) is 0. The van der Waals surface area contributed by atoms with Gasteiger partial charge in [0, 0.05) is 31.3 Å². The van der Waals surface area contributed by atoms with Gasteiger partial charge in [-0.1, -0.05) is 22.0 Å². The summed E-state index contributed by atoms with van der Waals surface area (Å²) in [5, 5.41) is 2.55. The van der Waals surface area contributed by atoms with Crippen LogP contribution in [0.1, 0.15) is 19.3 Å². The fraction of sp³-hybridized carbons (Fsp3) is 0.333. The Bertz CT molecular complexity index is 824. The van der Waals surface area contributed by atoms with Crippen LogP contribution in [-0.2, 0) is 9.47 Å². The average Bonchev–Trinajstić information content (AvgIpc) is 2.92. The highest BCUT2D eigenvalue weighted by Crippen LogP contribution is 2.37. The lowest BCUT2D eigenvalue weighted by Crippen LogP contribution is -2.24. The van der Waals surface area contributed by atoms with Crippen molar-refractivity contribution in [3.05, 3.63) is 40.9 Å². The number of benzene rings is 2. The Labute approximate surface area is 147 Å². The van der Waals surface area contributed by atoms with Crippen molar-refractivity contribution in [2.75, 3.05) is 13.4 Å². The van der Waals surface area contributed by atoms with E-state index in [0.29, 0.717) is 0 Å². The van der Waals surface area contributed by atoms with Crippen LogP contribution in [0.5, 0.6) is 5.75 Å². The molecule has 2 aromatic carbocycles. The van der Waals surface area contributed by atoms with Crippen molar-refractivity contribution in [1.82, 2.24) is 0 Å². The molecule has 0 spiro atoms. The van der Waals surface area contributed by atoms with Gasteiger partial charge in [0.1, 0.15) is 5.75 Å². The fourth-order valence-electron chi connectivity index (χ4n) is 2.84. The van der Waals surface area contributed by atoms with Gasteiger partial charge in [-0.3, -0.25) is 0 Å². The summed E-state index contributed by atoms with van der Waals surface area (Å²) in [6.45, 7) is 1.01. The van der Waals surface area contributed by atoms with Gasteiger partial charge in [-0.15, -0.1) is 11.3 Å². The molecule has 2 heterocycles. The molecule has 0 N–H and O–H groups in total. The second-order valence-electron chi connectivity index (χ2n) is 5.63. The minimum absolute atomic E-state index is 0.117. The third kappa shape index (κ3) is 3.38. The average molecular weight is 393 g/mol. The van der Waals surface area contributed by atoms with Gasteiger partial charge in [0.05, 0.1) is 0 Å². The van der Waals surface area contributed by atoms with Gasteiger partial charge in [0.2, 0.25) is 0 Å². The van der Waals surface area contributed by atoms with E-state index in [1.54, 1.807) is 11.3 Å². The van der Waals surface area contributed by atoms with Gasteiger partial charge in [-0.25, -0.2) is 0 Å². The maximum Gasteiger partial charge on any atom is 0.191 e. The zero-order chi connectivity index (χ0) is 15.6. The maximum absolute atomic E-state index is 5.73. The van der Waals surface area contributed by atoms with Crippen molar-refractivity contribution >= 4 is 47.4 Å². The molecule has 0 bridgehead atoms. The van der Waals surface area contributed by atoms with E-state index in [9.17, 15) is 0 Å². The van der Waals surface area contributed by atoms with Crippen molar-refractivity contribution in [2.24, 2.45) is 0 Å². The zero-order valence-electron chi connectivity index (χ0n) is 12.6. The van der Waals surface area contributed by atoms with Crippen LogP contribution >= 0.6 is 27.3 Å². The van der Waals surface area contributed by atoms with Crippen LogP contribution in [-0.4, -0.2) is 19.7 Å². The Morgan fingerprint density at radius 2 is 1.91 bits per heavy atom. The number of halogens is 1. The minimum atomic E-state index is -0.117. The molecule has 23 heavy (non-hydrogen) atoms. The van der Waals surface area contributed by atoms with Gasteiger partial charge in [0.15, 0.2) is 13.1 Å². The summed E-state index contributed by atoms with van der Waals surface area (Å²) in [5.74, 6) is 0.832. The normalized spacial score (nSPS) is 18.6. The number of fused-ring (bicyclic) bond motifs is 3. The molecule has 0 aliphatic carbocycles. The summed E-state index contributed by atoms with van der Waals surface area (Å²) in [6, 6.07) is 12.6. The van der Waals surface area contributed by atoms with Crippen LogP contribution in [0.4, 0.5) is 0 Å². The Kier molecular flexibility index (Phi) is 4.53. The largest absolute Gasteiger partial charge is 0.467 e. The highest BCUT2D eigenvalue weighted by Gasteiger charge is 2.14. The van der Waals surface area contributed by atoms with Crippen LogP contribution < -0.4 is 4.74 Å². The lowest BCUT2D eigenvalue weighted by atomic mass is 10.1. The topological polar surface area (TPSA) is 27.7 Å². The molecular formula is C18H17BrO3S. The van der Waals surface area contributed by atoms with Crippen molar-refractivity contribution in [3.8, 4) is 5.75 Å². The second kappa shape index (κ2) is 6.77. The summed E-state index contributed by atoms with van der Waals surface area (Å²) >= 11 is 5.31. The number of ether oxygens (including phenoxy) is 3. The number of thiophene rings is 1. The van der Waals surface area contributed by atoms with E-state index < -0.39 is 0 Å². The molecule has 3 aromatic rings. The monoisotopic (exact) mass is 392 g/mol. The molecule has 5 heteroatoms. The van der Waals surface area contributed by atoms with Crippen LogP contribution in [0, 0.1) is 0 Å². The highest BCUT2D eigenvalue weighted by atomic mass is 79.9. The summed E-state index contributed by atoms with van der Waals surface area (Å²) in [7, 11) is 0. The van der Waals surface area contributed by atoms with E-state index in [2.05, 4.69) is 46.3 Å². The van der Waals surface area contributed by atoms with E-state index in [0.717, 1.165) is 36.1 Å². The van der Waals surface area contributed by atoms with Crippen molar-refractivity contribution in [3.63, 3.8) is 0 Å². The predicted molar refractivity (Wildman–Crippen MR) is 97.2 cm³/mol. The first-order chi connectivity index (χ1) is 11.3. The van der Waals surface area contributed by atoms with Crippen LogP contribution in [0.15, 0.2) is 40.9 Å². The van der Waals surface area contributed by atoms with E-state index in [4.69, 9.17) is 14.2 Å². The Hall–Kier alpha value is -1.14. The third-order valence-corrected chi connectivity index (χ3v) is 5.63. The van der Waals surface area contributed by atoms with Gasteiger partial charge >= 0.3 is 0 Å². The van der Waals surface area contributed by atoms with Gasteiger partial charge in [-0.2, -0.15) is 0 Å². The van der Waals surface area contributed by atoms with E-state index in [1.165, 1.54) is 20.2 Å². The van der Waals surface area contributed by atoms with Crippen molar-refractivity contribution < 1.29 is 14.2 Å². The van der Waals surface area contributed by atoms with E-state index in [-0.39, 0.29) is 13.1 Å². The first-order valence-electron chi connectivity index (χ1n) is 7.77. The third-order valence-electron chi connectivity index (χ3n) is 4.02. The molecule has 3 nitrogen and oxygen atoms in total. The molecule has 1 unspecified atom stereocenters. The summed E-state index contributed by atoms with van der Waals surface area (Å²) in [6.07, 6.45) is 3.12. The molecule has 1 fully saturated rings. The quantitative estimate of drug-likeness (QED) is 0.533. The standard InChI is InChI=1S/C18H17BrO3S/c19-12-4-6-14-15-7-5-13(10-17(15)23-16(14)9-12)21-11-22-18-3-1-2-8-20-18/h4-7,9-10,18H,1-3,8,11H2. The predicted octanol–water partition coefficient (Wildman–Crippen LogP) is 5.70. The molecule has 4 rings (SSSR count). The van der Waals surface area contributed by atoms with Crippen LogP contribution in [0.3, 0.4) is 0 Å². The molecule has 1 aromatic heterocycles. The van der Waals surface area contributed by atoms with Gasteiger partial charge < -0.3 is 14.2 Å². The molecule has 0 saturated carbocycles. The lowest BCUT2D eigenvalue weighted by molar-refractivity contribution is -0.190. The lowest BCUT2D eigenvalue weighted by Gasteiger charge is -2.22.